The van der Waals surface area contributed by atoms with Crippen LogP contribution in [0.2, 0.25) is 0 Å². The van der Waals surface area contributed by atoms with E-state index in [1.807, 2.05) is 22.6 Å². The Hall–Kier alpha value is -0.850. The maximum absolute atomic E-state index is 12.5. The lowest BCUT2D eigenvalue weighted by atomic mass is 10.1. The molecule has 30 heavy (non-hydrogen) atoms. The van der Waals surface area contributed by atoms with Gasteiger partial charge in [0.15, 0.2) is 0 Å². The van der Waals surface area contributed by atoms with Gasteiger partial charge in [0.1, 0.15) is 6.04 Å². The van der Waals surface area contributed by atoms with Crippen LogP contribution in [0, 0.1) is 7.14 Å². The number of carbonyl (C=O) groups is 1. The molecule has 2 rings (SSSR count). The number of nitrogens with one attached hydrogen (secondary N) is 3. The van der Waals surface area contributed by atoms with Gasteiger partial charge in [-0.25, -0.2) is 27.0 Å². The molecule has 0 fully saturated rings. The summed E-state index contributed by atoms with van der Waals surface area (Å²) in [6.45, 7) is -0.0191. The normalized spacial score (nSPS) is 13.0. The van der Waals surface area contributed by atoms with Gasteiger partial charge < -0.3 is 0 Å². The van der Waals surface area contributed by atoms with E-state index in [0.717, 1.165) is 7.14 Å². The van der Waals surface area contributed by atoms with Gasteiger partial charge in [0, 0.05) is 13.7 Å². The standard InChI is InChI=1S/C17H19I2N3O6S2/c18-12-3-7-14(8-4-12)29(25,26)20-11-1-2-16(17(23)21-24)22-30(27,28)15-9-5-13(19)6-10-15/h3-10,16,20,22,24H,1-2,11H2,(H,21,23)/t16-/m0/s1. The number of hydrogen-bond donors (Lipinski definition) is 4. The van der Waals surface area contributed by atoms with Gasteiger partial charge in [0.05, 0.1) is 9.79 Å². The van der Waals surface area contributed by atoms with Gasteiger partial charge in [-0.15, -0.1) is 0 Å². The lowest BCUT2D eigenvalue weighted by Crippen LogP contribution is -2.46. The molecule has 0 aliphatic heterocycles. The van der Waals surface area contributed by atoms with Crippen LogP contribution in [0.3, 0.4) is 0 Å². The van der Waals surface area contributed by atoms with Gasteiger partial charge in [-0.05, 0) is 107 Å². The minimum absolute atomic E-state index is 0.0191. The number of rotatable bonds is 10. The summed E-state index contributed by atoms with van der Waals surface area (Å²) in [6, 6.07) is 11.0. The highest BCUT2D eigenvalue weighted by Crippen LogP contribution is 2.14. The molecular weight excluding hydrogens is 660 g/mol. The fourth-order valence-electron chi connectivity index (χ4n) is 2.40. The van der Waals surface area contributed by atoms with Crippen molar-refractivity contribution in [3.05, 3.63) is 55.7 Å². The van der Waals surface area contributed by atoms with E-state index in [1.165, 1.54) is 29.7 Å². The Morgan fingerprint density at radius 1 is 0.867 bits per heavy atom. The molecule has 2 aromatic carbocycles. The van der Waals surface area contributed by atoms with E-state index in [9.17, 15) is 21.6 Å². The first kappa shape index (κ1) is 25.4. The lowest BCUT2D eigenvalue weighted by molar-refractivity contribution is -0.131. The molecule has 0 saturated carbocycles. The van der Waals surface area contributed by atoms with E-state index in [-0.39, 0.29) is 29.2 Å². The predicted octanol–water partition coefficient (Wildman–Crippen LogP) is 1.81. The number of hydrogen-bond acceptors (Lipinski definition) is 6. The van der Waals surface area contributed by atoms with Gasteiger partial charge in [0.2, 0.25) is 20.0 Å². The smallest absolute Gasteiger partial charge is 0.261 e. The van der Waals surface area contributed by atoms with Crippen molar-refractivity contribution in [1.82, 2.24) is 14.9 Å². The summed E-state index contributed by atoms with van der Waals surface area (Å²) in [5, 5.41) is 8.92. The SMILES string of the molecule is O=C(NO)[C@H](CCCNS(=O)(=O)c1ccc(I)cc1)NS(=O)(=O)c1ccc(I)cc1. The Balaban J connectivity index is 1.99. The lowest BCUT2D eigenvalue weighted by Gasteiger charge is -2.17. The summed E-state index contributed by atoms with van der Waals surface area (Å²) in [5.41, 5.74) is 1.43. The van der Waals surface area contributed by atoms with Crippen LogP contribution in [0.1, 0.15) is 12.8 Å². The molecule has 13 heteroatoms. The number of amides is 1. The summed E-state index contributed by atoms with van der Waals surface area (Å²) in [7, 11) is -7.73. The van der Waals surface area contributed by atoms with E-state index in [1.54, 1.807) is 24.3 Å². The number of halogens is 2. The maximum atomic E-state index is 12.5. The van der Waals surface area contributed by atoms with E-state index >= 15 is 0 Å². The molecule has 0 spiro atoms. The van der Waals surface area contributed by atoms with E-state index in [4.69, 9.17) is 5.21 Å². The van der Waals surface area contributed by atoms with Crippen LogP contribution in [-0.4, -0.2) is 40.5 Å². The first-order valence-electron chi connectivity index (χ1n) is 8.52. The molecule has 1 atom stereocenters. The van der Waals surface area contributed by atoms with Gasteiger partial charge >= 0.3 is 0 Å². The average molecular weight is 679 g/mol. The third kappa shape index (κ3) is 7.38. The number of benzene rings is 2. The van der Waals surface area contributed by atoms with Gasteiger partial charge in [-0.1, -0.05) is 0 Å². The molecule has 0 unspecified atom stereocenters. The molecule has 1 amide bonds. The molecule has 0 aromatic heterocycles. The van der Waals surface area contributed by atoms with E-state index in [2.05, 4.69) is 32.0 Å². The Morgan fingerprint density at radius 2 is 1.33 bits per heavy atom. The summed E-state index contributed by atoms with van der Waals surface area (Å²) in [4.78, 5) is 12.0. The van der Waals surface area contributed by atoms with Crippen LogP contribution in [0.4, 0.5) is 0 Å². The highest BCUT2D eigenvalue weighted by atomic mass is 127. The number of hydroxylamine groups is 1. The summed E-state index contributed by atoms with van der Waals surface area (Å²) in [5.74, 6) is -0.940. The van der Waals surface area contributed by atoms with Crippen molar-refractivity contribution in [1.29, 1.82) is 0 Å². The van der Waals surface area contributed by atoms with Gasteiger partial charge in [0.25, 0.3) is 5.91 Å². The molecule has 0 aliphatic rings. The van der Waals surface area contributed by atoms with Gasteiger partial charge in [-0.3, -0.25) is 10.0 Å². The molecular formula is C17H19I2N3O6S2. The monoisotopic (exact) mass is 679 g/mol. The zero-order valence-corrected chi connectivity index (χ0v) is 21.3. The van der Waals surface area contributed by atoms with E-state index in [0.29, 0.717) is 0 Å². The van der Waals surface area contributed by atoms with Crippen LogP contribution in [0.15, 0.2) is 58.3 Å². The highest BCUT2D eigenvalue weighted by Gasteiger charge is 2.25. The van der Waals surface area contributed by atoms with Crippen molar-refractivity contribution in [2.24, 2.45) is 0 Å². The zero-order chi connectivity index (χ0) is 22.4. The van der Waals surface area contributed by atoms with Crippen LogP contribution >= 0.6 is 45.2 Å². The first-order valence-corrected chi connectivity index (χ1v) is 13.6. The van der Waals surface area contributed by atoms with Crippen molar-refractivity contribution in [3.8, 4) is 0 Å². The maximum Gasteiger partial charge on any atom is 0.261 e. The fraction of sp³-hybridized carbons (Fsp3) is 0.235. The largest absolute Gasteiger partial charge is 0.289 e. The van der Waals surface area contributed by atoms with Crippen molar-refractivity contribution in [2.75, 3.05) is 6.54 Å². The fourth-order valence-corrected chi connectivity index (χ4v) is 5.42. The molecule has 2 aromatic rings. The highest BCUT2D eigenvalue weighted by molar-refractivity contribution is 14.1. The third-order valence-electron chi connectivity index (χ3n) is 3.93. The Morgan fingerprint density at radius 3 is 1.80 bits per heavy atom. The van der Waals surface area contributed by atoms with Crippen LogP contribution in [0.5, 0.6) is 0 Å². The molecule has 0 saturated heterocycles. The predicted molar refractivity (Wildman–Crippen MR) is 127 cm³/mol. The van der Waals surface area contributed by atoms with Crippen molar-refractivity contribution in [3.63, 3.8) is 0 Å². The van der Waals surface area contributed by atoms with Crippen LogP contribution < -0.4 is 14.9 Å². The average Bonchev–Trinajstić information content (AvgIpc) is 2.70. The van der Waals surface area contributed by atoms with Crippen molar-refractivity contribution in [2.45, 2.75) is 28.7 Å². The Kier molecular flexibility index (Phi) is 9.44. The number of carbonyl (C=O) groups excluding carboxylic acids is 1. The minimum Gasteiger partial charge on any atom is -0.289 e. The second kappa shape index (κ2) is 11.1. The van der Waals surface area contributed by atoms with Crippen molar-refractivity contribution >= 4 is 71.1 Å². The number of sulfonamides is 2. The summed E-state index contributed by atoms with van der Waals surface area (Å²) in [6.07, 6.45) is 0.113. The molecule has 0 aliphatic carbocycles. The van der Waals surface area contributed by atoms with Crippen LogP contribution in [0.25, 0.3) is 0 Å². The minimum atomic E-state index is -4.01. The molecule has 4 N–H and O–H groups in total. The molecule has 0 bridgehead atoms. The topological polar surface area (TPSA) is 142 Å². The Labute approximate surface area is 202 Å². The third-order valence-corrected chi connectivity index (χ3v) is 8.34. The van der Waals surface area contributed by atoms with E-state index < -0.39 is 32.0 Å². The second-order valence-corrected chi connectivity index (χ2v) is 12.1. The molecule has 0 radical (unpaired) electrons. The second-order valence-electron chi connectivity index (χ2n) is 6.10. The summed E-state index contributed by atoms with van der Waals surface area (Å²) >= 11 is 4.09. The van der Waals surface area contributed by atoms with Gasteiger partial charge in [-0.2, -0.15) is 4.72 Å². The molecule has 164 valence electrons. The van der Waals surface area contributed by atoms with Crippen molar-refractivity contribution < 1.29 is 26.8 Å². The van der Waals surface area contributed by atoms with Crippen LogP contribution in [-0.2, 0) is 24.8 Å². The molecule has 0 heterocycles. The first-order chi connectivity index (χ1) is 14.0. The Bertz CT molecular complexity index is 1080. The quantitative estimate of drug-likeness (QED) is 0.131. The molecule has 9 nitrogen and oxygen atoms in total. The zero-order valence-electron chi connectivity index (χ0n) is 15.4. The summed E-state index contributed by atoms with van der Waals surface area (Å²) < 4.78 is 55.9.